The highest BCUT2D eigenvalue weighted by Crippen LogP contribution is 2.45. The number of aliphatic hydroxyl groups excluding tert-OH is 1. The summed E-state index contributed by atoms with van der Waals surface area (Å²) in [5.74, 6) is 1.08. The van der Waals surface area contributed by atoms with Gasteiger partial charge in [0, 0.05) is 17.7 Å². The Morgan fingerprint density at radius 3 is 2.67 bits per heavy atom. The molecule has 0 fully saturated rings. The van der Waals surface area contributed by atoms with Crippen molar-refractivity contribution in [2.45, 2.75) is 32.7 Å². The van der Waals surface area contributed by atoms with E-state index in [4.69, 9.17) is 9.47 Å². The van der Waals surface area contributed by atoms with Gasteiger partial charge in [-0.25, -0.2) is 0 Å². The smallest absolute Gasteiger partial charge is 0.273 e. The average molecular weight is 452 g/mol. The van der Waals surface area contributed by atoms with Crippen LogP contribution < -0.4 is 9.47 Å². The second-order valence-corrected chi connectivity index (χ2v) is 7.84. The maximum atomic E-state index is 13.2. The van der Waals surface area contributed by atoms with Crippen LogP contribution in [-0.2, 0) is 0 Å². The lowest BCUT2D eigenvalue weighted by Crippen LogP contribution is -2.32. The Balaban J connectivity index is 1.81. The number of aromatic hydroxyl groups is 1. The van der Waals surface area contributed by atoms with Crippen LogP contribution in [0.4, 0.5) is 0 Å². The fourth-order valence-corrected chi connectivity index (χ4v) is 4.17. The molecule has 1 aliphatic rings. The quantitative estimate of drug-likeness (QED) is 0.404. The Labute approximate surface area is 192 Å². The number of β-amino-alcohol motifs (C(OH)–C–C–N with tert-alkyl or cyclic N) is 1. The van der Waals surface area contributed by atoms with Gasteiger partial charge in [0.25, 0.3) is 5.91 Å². The molecule has 0 bridgehead atoms. The van der Waals surface area contributed by atoms with Crippen molar-refractivity contribution in [3.8, 4) is 28.5 Å². The molecule has 1 amide bonds. The van der Waals surface area contributed by atoms with Gasteiger partial charge in [0.05, 0.1) is 25.9 Å². The Kier molecular flexibility index (Phi) is 6.84. The van der Waals surface area contributed by atoms with Crippen LogP contribution in [0.5, 0.6) is 17.2 Å². The van der Waals surface area contributed by atoms with Gasteiger partial charge >= 0.3 is 0 Å². The van der Waals surface area contributed by atoms with Crippen LogP contribution >= 0.6 is 0 Å². The summed E-state index contributed by atoms with van der Waals surface area (Å²) < 4.78 is 11.8. The zero-order chi connectivity index (χ0) is 23.4. The molecule has 2 aromatic carbocycles. The number of phenolic OH excluding ortho intramolecular Hbond substituents is 1. The molecule has 3 N–H and O–H groups in total. The van der Waals surface area contributed by atoms with Gasteiger partial charge in [0.1, 0.15) is 17.1 Å². The van der Waals surface area contributed by atoms with E-state index < -0.39 is 6.04 Å². The maximum Gasteiger partial charge on any atom is 0.273 e. The SMILES string of the molecule is CCCCOc1ccc([C@@H]2c3c(-c4ccccc4O)n[nH]c3C(=O)N2CCO)cc1OCC. The second kappa shape index (κ2) is 9.95. The molecule has 0 saturated carbocycles. The molecule has 8 heteroatoms. The van der Waals surface area contributed by atoms with Crippen molar-refractivity contribution in [2.75, 3.05) is 26.4 Å². The van der Waals surface area contributed by atoms with Gasteiger partial charge in [-0.1, -0.05) is 31.5 Å². The van der Waals surface area contributed by atoms with E-state index in [1.54, 1.807) is 23.1 Å². The lowest BCUT2D eigenvalue weighted by Gasteiger charge is -2.26. The van der Waals surface area contributed by atoms with Gasteiger partial charge in [-0.15, -0.1) is 0 Å². The van der Waals surface area contributed by atoms with E-state index in [-0.39, 0.29) is 24.8 Å². The van der Waals surface area contributed by atoms with Crippen molar-refractivity contribution in [2.24, 2.45) is 0 Å². The van der Waals surface area contributed by atoms with Crippen LogP contribution in [0.25, 0.3) is 11.3 Å². The third-order valence-electron chi connectivity index (χ3n) is 5.70. The van der Waals surface area contributed by atoms with Crippen molar-refractivity contribution in [3.63, 3.8) is 0 Å². The number of ether oxygens (including phenoxy) is 2. The number of nitrogens with zero attached hydrogens (tertiary/aromatic N) is 2. The zero-order valence-corrected chi connectivity index (χ0v) is 18.9. The number of benzene rings is 2. The number of carbonyl (C=O) groups is 1. The number of unbranched alkanes of at least 4 members (excludes halogenated alkanes) is 1. The number of hydrogen-bond donors (Lipinski definition) is 3. The number of amides is 1. The van der Waals surface area contributed by atoms with Crippen LogP contribution in [0, 0.1) is 0 Å². The molecule has 174 valence electrons. The number of aromatic amines is 1. The number of para-hydroxylation sites is 1. The molecule has 4 rings (SSSR count). The van der Waals surface area contributed by atoms with E-state index in [0.29, 0.717) is 47.2 Å². The molecule has 33 heavy (non-hydrogen) atoms. The number of hydrogen-bond acceptors (Lipinski definition) is 6. The number of rotatable bonds is 10. The molecular formula is C25H29N3O5. The van der Waals surface area contributed by atoms with Crippen molar-refractivity contribution in [3.05, 3.63) is 59.3 Å². The van der Waals surface area contributed by atoms with Crippen molar-refractivity contribution >= 4 is 5.91 Å². The molecule has 0 aliphatic carbocycles. The van der Waals surface area contributed by atoms with Crippen LogP contribution in [-0.4, -0.2) is 57.6 Å². The van der Waals surface area contributed by atoms with Crippen molar-refractivity contribution < 1.29 is 24.5 Å². The van der Waals surface area contributed by atoms with Gasteiger partial charge in [-0.3, -0.25) is 9.89 Å². The Morgan fingerprint density at radius 2 is 1.94 bits per heavy atom. The first-order valence-electron chi connectivity index (χ1n) is 11.3. The van der Waals surface area contributed by atoms with Crippen LogP contribution in [0.1, 0.15) is 54.3 Å². The average Bonchev–Trinajstić information content (AvgIpc) is 3.35. The summed E-state index contributed by atoms with van der Waals surface area (Å²) in [7, 11) is 0. The largest absolute Gasteiger partial charge is 0.507 e. The van der Waals surface area contributed by atoms with Crippen molar-refractivity contribution in [1.29, 1.82) is 0 Å². The first kappa shape index (κ1) is 22.7. The third-order valence-corrected chi connectivity index (χ3v) is 5.70. The molecule has 0 radical (unpaired) electrons. The summed E-state index contributed by atoms with van der Waals surface area (Å²) in [6.45, 7) is 5.06. The minimum atomic E-state index is -0.503. The topological polar surface area (TPSA) is 108 Å². The highest BCUT2D eigenvalue weighted by molar-refractivity contribution is 6.00. The monoisotopic (exact) mass is 451 g/mol. The van der Waals surface area contributed by atoms with E-state index in [2.05, 4.69) is 17.1 Å². The van der Waals surface area contributed by atoms with Crippen LogP contribution in [0.3, 0.4) is 0 Å². The summed E-state index contributed by atoms with van der Waals surface area (Å²) in [6.07, 6.45) is 1.97. The Bertz CT molecular complexity index is 1130. The summed E-state index contributed by atoms with van der Waals surface area (Å²) in [6, 6.07) is 12.0. The summed E-state index contributed by atoms with van der Waals surface area (Å²) >= 11 is 0. The van der Waals surface area contributed by atoms with Crippen LogP contribution in [0.15, 0.2) is 42.5 Å². The van der Waals surface area contributed by atoms with E-state index in [0.717, 1.165) is 18.4 Å². The minimum Gasteiger partial charge on any atom is -0.507 e. The molecule has 3 aromatic rings. The van der Waals surface area contributed by atoms with Crippen molar-refractivity contribution in [1.82, 2.24) is 15.1 Å². The molecule has 8 nitrogen and oxygen atoms in total. The van der Waals surface area contributed by atoms with Gasteiger partial charge in [0.2, 0.25) is 0 Å². The number of aliphatic hydroxyl groups is 1. The van der Waals surface area contributed by atoms with Gasteiger partial charge in [0.15, 0.2) is 11.5 Å². The lowest BCUT2D eigenvalue weighted by molar-refractivity contribution is 0.0706. The normalized spacial score (nSPS) is 15.1. The van der Waals surface area contributed by atoms with E-state index in [1.807, 2.05) is 31.2 Å². The molecule has 1 aromatic heterocycles. The molecular weight excluding hydrogens is 422 g/mol. The molecule has 1 atom stereocenters. The highest BCUT2D eigenvalue weighted by Gasteiger charge is 2.42. The molecule has 2 heterocycles. The number of aromatic nitrogens is 2. The fraction of sp³-hybridized carbons (Fsp3) is 0.360. The van der Waals surface area contributed by atoms with Gasteiger partial charge < -0.3 is 24.6 Å². The molecule has 0 unspecified atom stereocenters. The summed E-state index contributed by atoms with van der Waals surface area (Å²) in [5, 5.41) is 27.3. The van der Waals surface area contributed by atoms with Gasteiger partial charge in [-0.05, 0) is 43.2 Å². The predicted molar refractivity (Wildman–Crippen MR) is 124 cm³/mol. The molecule has 0 spiro atoms. The third kappa shape index (κ3) is 4.26. The standard InChI is InChI=1S/C25H29N3O5/c1-3-5-14-33-19-11-10-16(15-20(19)32-4-2)24-21-22(17-8-6-7-9-18(17)30)26-27-23(21)25(31)28(24)12-13-29/h6-11,15,24,29-30H,3-5,12-14H2,1-2H3,(H,26,27)/t24-/m1/s1. The minimum absolute atomic E-state index is 0.0771. The first-order chi connectivity index (χ1) is 16.1. The number of H-pyrrole nitrogens is 1. The Morgan fingerprint density at radius 1 is 1.12 bits per heavy atom. The Hall–Kier alpha value is -3.52. The number of fused-ring (bicyclic) bond motifs is 1. The zero-order valence-electron chi connectivity index (χ0n) is 18.9. The first-order valence-corrected chi connectivity index (χ1v) is 11.3. The van der Waals surface area contributed by atoms with Gasteiger partial charge in [-0.2, -0.15) is 5.10 Å². The number of phenols is 1. The highest BCUT2D eigenvalue weighted by atomic mass is 16.5. The maximum absolute atomic E-state index is 13.2. The lowest BCUT2D eigenvalue weighted by atomic mass is 9.95. The predicted octanol–water partition coefficient (Wildman–Crippen LogP) is 3.90. The summed E-state index contributed by atoms with van der Waals surface area (Å²) in [4.78, 5) is 14.8. The van der Waals surface area contributed by atoms with E-state index in [9.17, 15) is 15.0 Å². The fourth-order valence-electron chi connectivity index (χ4n) is 4.17. The molecule has 0 saturated heterocycles. The number of nitrogens with one attached hydrogen (secondary N) is 1. The van der Waals surface area contributed by atoms with Crippen LogP contribution in [0.2, 0.25) is 0 Å². The second-order valence-electron chi connectivity index (χ2n) is 7.84. The molecule has 1 aliphatic heterocycles. The van der Waals surface area contributed by atoms with E-state index >= 15 is 0 Å². The number of carbonyl (C=O) groups excluding carboxylic acids is 1. The van der Waals surface area contributed by atoms with E-state index in [1.165, 1.54) is 0 Å². The summed E-state index contributed by atoms with van der Waals surface area (Å²) in [5.41, 5.74) is 2.86.